The van der Waals surface area contributed by atoms with Crippen LogP contribution in [0, 0.1) is 6.92 Å². The van der Waals surface area contributed by atoms with E-state index in [2.05, 4.69) is 27.2 Å². The van der Waals surface area contributed by atoms with E-state index in [9.17, 15) is 0 Å². The zero-order valence-corrected chi connectivity index (χ0v) is 12.4. The second kappa shape index (κ2) is 7.91. The second-order valence-corrected chi connectivity index (χ2v) is 4.58. The Morgan fingerprint density at radius 3 is 2.68 bits per heavy atom. The Kier molecular flexibility index (Phi) is 6.52. The molecule has 0 unspecified atom stereocenters. The number of hydrogen-bond acceptors (Lipinski definition) is 6. The highest BCUT2D eigenvalue weighted by Crippen LogP contribution is 2.17. The van der Waals surface area contributed by atoms with Crippen molar-refractivity contribution in [3.63, 3.8) is 0 Å². The zero-order chi connectivity index (χ0) is 14.3. The van der Waals surface area contributed by atoms with Crippen molar-refractivity contribution in [1.29, 1.82) is 0 Å². The van der Waals surface area contributed by atoms with Gasteiger partial charge >= 0.3 is 0 Å². The van der Waals surface area contributed by atoms with Crippen molar-refractivity contribution in [2.24, 2.45) is 0 Å². The summed E-state index contributed by atoms with van der Waals surface area (Å²) >= 11 is 0. The van der Waals surface area contributed by atoms with Gasteiger partial charge in [-0.05, 0) is 14.0 Å². The number of likely N-dealkylation sites (N-methyl/N-ethyl adjacent to an activating group) is 1. The molecule has 6 nitrogen and oxygen atoms in total. The first kappa shape index (κ1) is 15.7. The van der Waals surface area contributed by atoms with E-state index >= 15 is 0 Å². The summed E-state index contributed by atoms with van der Waals surface area (Å²) in [7, 11) is 3.78. The molecule has 1 aromatic rings. The molecule has 0 saturated heterocycles. The van der Waals surface area contributed by atoms with Gasteiger partial charge in [-0.3, -0.25) is 0 Å². The molecule has 0 aliphatic rings. The molecule has 0 aliphatic heterocycles. The molecule has 0 aromatic carbocycles. The molecule has 0 spiro atoms. The number of anilines is 2. The van der Waals surface area contributed by atoms with E-state index in [1.54, 1.807) is 7.11 Å². The van der Waals surface area contributed by atoms with Gasteiger partial charge in [0, 0.05) is 38.7 Å². The third-order valence-electron chi connectivity index (χ3n) is 3.01. The molecule has 0 aliphatic carbocycles. The smallest absolute Gasteiger partial charge is 0.134 e. The molecule has 108 valence electrons. The van der Waals surface area contributed by atoms with Crippen molar-refractivity contribution >= 4 is 11.6 Å². The highest BCUT2D eigenvalue weighted by atomic mass is 16.5. The first-order valence-corrected chi connectivity index (χ1v) is 6.62. The first-order valence-electron chi connectivity index (χ1n) is 6.62. The van der Waals surface area contributed by atoms with Crippen LogP contribution in [0.15, 0.2) is 0 Å². The van der Waals surface area contributed by atoms with Crippen molar-refractivity contribution in [3.05, 3.63) is 11.4 Å². The topological polar surface area (TPSA) is 76.3 Å². The fraction of sp³-hybridized carbons (Fsp3) is 0.692. The van der Waals surface area contributed by atoms with Crippen LogP contribution in [0.3, 0.4) is 0 Å². The summed E-state index contributed by atoms with van der Waals surface area (Å²) in [5.74, 6) is 2.17. The molecule has 0 fully saturated rings. The van der Waals surface area contributed by atoms with Gasteiger partial charge < -0.3 is 20.7 Å². The van der Waals surface area contributed by atoms with E-state index in [0.29, 0.717) is 5.82 Å². The van der Waals surface area contributed by atoms with Gasteiger partial charge in [0.25, 0.3) is 0 Å². The molecular formula is C13H25N5O. The quantitative estimate of drug-likeness (QED) is 0.729. The maximum atomic E-state index is 5.88. The van der Waals surface area contributed by atoms with Crippen LogP contribution in [0.25, 0.3) is 0 Å². The average molecular weight is 267 g/mol. The maximum Gasteiger partial charge on any atom is 0.134 e. The minimum atomic E-state index is 0.557. The van der Waals surface area contributed by atoms with Crippen molar-refractivity contribution < 1.29 is 4.74 Å². The van der Waals surface area contributed by atoms with E-state index in [1.165, 1.54) is 0 Å². The standard InChI is InChI=1S/C13H25N5O/c1-5-11-16-12(14)10(2)13(17-11)15-6-7-18(3)8-9-19-4/h5-9H2,1-4H3,(H3,14,15,16,17). The van der Waals surface area contributed by atoms with Crippen LogP contribution in [0.2, 0.25) is 0 Å². The number of ether oxygens (including phenoxy) is 1. The number of aromatic nitrogens is 2. The summed E-state index contributed by atoms with van der Waals surface area (Å²) in [6, 6.07) is 0. The lowest BCUT2D eigenvalue weighted by Crippen LogP contribution is -2.28. The lowest BCUT2D eigenvalue weighted by atomic mass is 10.3. The Hall–Kier alpha value is -1.40. The molecule has 0 amide bonds. The van der Waals surface area contributed by atoms with E-state index in [0.717, 1.165) is 49.9 Å². The van der Waals surface area contributed by atoms with Gasteiger partial charge in [-0.2, -0.15) is 0 Å². The Bertz CT molecular complexity index is 397. The number of nitrogens with one attached hydrogen (secondary N) is 1. The number of rotatable bonds is 8. The maximum absolute atomic E-state index is 5.88. The predicted molar refractivity (Wildman–Crippen MR) is 78.4 cm³/mol. The van der Waals surface area contributed by atoms with Crippen LogP contribution in [0.1, 0.15) is 18.3 Å². The fourth-order valence-electron chi connectivity index (χ4n) is 1.64. The number of nitrogens with zero attached hydrogens (tertiary/aromatic N) is 3. The molecular weight excluding hydrogens is 242 g/mol. The number of methoxy groups -OCH3 is 1. The number of nitrogen functional groups attached to an aromatic ring is 1. The Balaban J connectivity index is 2.51. The summed E-state index contributed by atoms with van der Waals surface area (Å²) in [5.41, 5.74) is 6.79. The van der Waals surface area contributed by atoms with Gasteiger partial charge in [0.1, 0.15) is 17.5 Å². The average Bonchev–Trinajstić information content (AvgIpc) is 2.40. The van der Waals surface area contributed by atoms with Crippen LogP contribution in [-0.4, -0.2) is 55.3 Å². The van der Waals surface area contributed by atoms with Crippen LogP contribution in [-0.2, 0) is 11.2 Å². The monoisotopic (exact) mass is 267 g/mol. The van der Waals surface area contributed by atoms with Crippen molar-refractivity contribution in [2.45, 2.75) is 20.3 Å². The van der Waals surface area contributed by atoms with Gasteiger partial charge in [-0.25, -0.2) is 9.97 Å². The van der Waals surface area contributed by atoms with Gasteiger partial charge in [-0.1, -0.05) is 6.92 Å². The number of nitrogens with two attached hydrogens (primary N) is 1. The summed E-state index contributed by atoms with van der Waals surface area (Å²) in [6.07, 6.45) is 0.785. The molecule has 1 rings (SSSR count). The Morgan fingerprint density at radius 2 is 2.05 bits per heavy atom. The summed E-state index contributed by atoms with van der Waals surface area (Å²) in [5, 5.41) is 3.32. The lowest BCUT2D eigenvalue weighted by molar-refractivity contribution is 0.163. The Labute approximate surface area is 115 Å². The second-order valence-electron chi connectivity index (χ2n) is 4.58. The van der Waals surface area contributed by atoms with Crippen LogP contribution < -0.4 is 11.1 Å². The normalized spacial score (nSPS) is 11.0. The van der Waals surface area contributed by atoms with Crippen molar-refractivity contribution in [2.75, 3.05) is 51.4 Å². The SMILES string of the molecule is CCc1nc(N)c(C)c(NCCN(C)CCOC)n1. The fourth-order valence-corrected chi connectivity index (χ4v) is 1.64. The third kappa shape index (κ3) is 5.00. The van der Waals surface area contributed by atoms with Crippen LogP contribution >= 0.6 is 0 Å². The summed E-state index contributed by atoms with van der Waals surface area (Å²) in [6.45, 7) is 7.37. The lowest BCUT2D eigenvalue weighted by Gasteiger charge is -2.17. The molecule has 1 aromatic heterocycles. The molecule has 3 N–H and O–H groups in total. The molecule has 0 radical (unpaired) electrons. The highest BCUT2D eigenvalue weighted by molar-refractivity contribution is 5.54. The zero-order valence-electron chi connectivity index (χ0n) is 12.4. The van der Waals surface area contributed by atoms with Crippen molar-refractivity contribution in [3.8, 4) is 0 Å². The molecule has 0 atom stereocenters. The van der Waals surface area contributed by atoms with E-state index in [1.807, 2.05) is 13.8 Å². The van der Waals surface area contributed by atoms with Crippen LogP contribution in [0.4, 0.5) is 11.6 Å². The highest BCUT2D eigenvalue weighted by Gasteiger charge is 2.07. The summed E-state index contributed by atoms with van der Waals surface area (Å²) in [4.78, 5) is 10.9. The van der Waals surface area contributed by atoms with Gasteiger partial charge in [0.2, 0.25) is 0 Å². The van der Waals surface area contributed by atoms with Gasteiger partial charge in [0.05, 0.1) is 6.61 Å². The first-order chi connectivity index (χ1) is 9.08. The minimum absolute atomic E-state index is 0.557. The van der Waals surface area contributed by atoms with Crippen molar-refractivity contribution in [1.82, 2.24) is 14.9 Å². The number of hydrogen-bond donors (Lipinski definition) is 2. The van der Waals surface area contributed by atoms with Gasteiger partial charge in [-0.15, -0.1) is 0 Å². The number of aryl methyl sites for hydroxylation is 1. The third-order valence-corrected chi connectivity index (χ3v) is 3.01. The Morgan fingerprint density at radius 1 is 1.32 bits per heavy atom. The molecule has 6 heteroatoms. The molecule has 0 saturated carbocycles. The summed E-state index contributed by atoms with van der Waals surface area (Å²) < 4.78 is 5.04. The van der Waals surface area contributed by atoms with Crippen LogP contribution in [0.5, 0.6) is 0 Å². The van der Waals surface area contributed by atoms with E-state index in [4.69, 9.17) is 10.5 Å². The predicted octanol–water partition coefficient (Wildman–Crippen LogP) is 0.920. The molecule has 1 heterocycles. The van der Waals surface area contributed by atoms with Gasteiger partial charge in [0.15, 0.2) is 0 Å². The molecule has 0 bridgehead atoms. The van der Waals surface area contributed by atoms with E-state index in [-0.39, 0.29) is 0 Å². The molecule has 19 heavy (non-hydrogen) atoms. The minimum Gasteiger partial charge on any atom is -0.383 e. The largest absolute Gasteiger partial charge is 0.383 e. The van der Waals surface area contributed by atoms with E-state index < -0.39 is 0 Å².